The van der Waals surface area contributed by atoms with Crippen molar-refractivity contribution < 1.29 is 18.7 Å². The molecule has 0 radical (unpaired) electrons. The van der Waals surface area contributed by atoms with Gasteiger partial charge < -0.3 is 24.9 Å². The number of rotatable bonds is 6. The summed E-state index contributed by atoms with van der Waals surface area (Å²) in [5.41, 5.74) is 6.63. The average Bonchev–Trinajstić information content (AvgIpc) is 3.11. The number of hydrogen-bond acceptors (Lipinski definition) is 5. The van der Waals surface area contributed by atoms with Crippen LogP contribution in [0.15, 0.2) is 41.0 Å². The van der Waals surface area contributed by atoms with Crippen LogP contribution in [-0.4, -0.2) is 25.7 Å². The molecule has 6 nitrogen and oxygen atoms in total. The summed E-state index contributed by atoms with van der Waals surface area (Å²) in [4.78, 5) is 12.1. The van der Waals surface area contributed by atoms with Gasteiger partial charge in [-0.15, -0.1) is 0 Å². The van der Waals surface area contributed by atoms with Crippen LogP contribution in [0.5, 0.6) is 5.75 Å². The molecule has 0 unspecified atom stereocenters. The van der Waals surface area contributed by atoms with Crippen LogP contribution in [0, 0.1) is 5.92 Å². The first-order chi connectivity index (χ1) is 11.7. The van der Waals surface area contributed by atoms with Gasteiger partial charge in [0.25, 0.3) is 5.91 Å². The first-order valence-corrected chi connectivity index (χ1v) is 8.14. The number of furan rings is 1. The van der Waals surface area contributed by atoms with Gasteiger partial charge in [-0.25, -0.2) is 0 Å². The lowest BCUT2D eigenvalue weighted by molar-refractivity contribution is 0.0497. The number of nitrogens with one attached hydrogen (secondary N) is 1. The highest BCUT2D eigenvalue weighted by atomic mass is 16.5. The fraction of sp³-hybridized carbons (Fsp3) is 0.389. The van der Waals surface area contributed by atoms with E-state index in [-0.39, 0.29) is 12.5 Å². The molecule has 2 heterocycles. The Labute approximate surface area is 140 Å². The van der Waals surface area contributed by atoms with Crippen molar-refractivity contribution in [2.45, 2.75) is 19.4 Å². The number of hydrogen-bond donors (Lipinski definition) is 2. The monoisotopic (exact) mass is 330 g/mol. The third-order valence-electron chi connectivity index (χ3n) is 4.06. The fourth-order valence-electron chi connectivity index (χ4n) is 2.57. The van der Waals surface area contributed by atoms with Gasteiger partial charge in [-0.1, -0.05) is 0 Å². The number of nitrogens with two attached hydrogens (primary N) is 1. The van der Waals surface area contributed by atoms with Crippen molar-refractivity contribution in [2.24, 2.45) is 11.7 Å². The lowest BCUT2D eigenvalue weighted by Crippen LogP contribution is -2.21. The molecule has 2 aromatic rings. The second kappa shape index (κ2) is 7.99. The van der Waals surface area contributed by atoms with Crippen LogP contribution < -0.4 is 15.8 Å². The Hall–Kier alpha value is -2.31. The number of carbonyl (C=O) groups excluding carboxylic acids is 1. The van der Waals surface area contributed by atoms with Gasteiger partial charge in [0.1, 0.15) is 17.8 Å². The minimum absolute atomic E-state index is 0.227. The molecule has 3 N–H and O–H groups in total. The van der Waals surface area contributed by atoms with Gasteiger partial charge in [0.15, 0.2) is 0 Å². The van der Waals surface area contributed by atoms with Crippen LogP contribution in [0.1, 0.15) is 29.0 Å². The third-order valence-corrected chi connectivity index (χ3v) is 4.06. The fourth-order valence-corrected chi connectivity index (χ4v) is 2.57. The van der Waals surface area contributed by atoms with E-state index in [0.29, 0.717) is 29.5 Å². The molecule has 0 aliphatic carbocycles. The molecule has 1 saturated heterocycles. The van der Waals surface area contributed by atoms with Gasteiger partial charge in [0.05, 0.1) is 18.7 Å². The molecule has 1 amide bonds. The van der Waals surface area contributed by atoms with E-state index in [1.54, 1.807) is 6.07 Å². The molecule has 1 aliphatic heterocycles. The summed E-state index contributed by atoms with van der Waals surface area (Å²) in [6, 6.07) is 8.99. The third kappa shape index (κ3) is 4.37. The molecule has 0 saturated carbocycles. The van der Waals surface area contributed by atoms with E-state index < -0.39 is 0 Å². The highest BCUT2D eigenvalue weighted by Crippen LogP contribution is 2.20. The Bertz CT molecular complexity index is 660. The summed E-state index contributed by atoms with van der Waals surface area (Å²) in [5.74, 6) is 1.70. The Morgan fingerprint density at radius 1 is 1.25 bits per heavy atom. The van der Waals surface area contributed by atoms with Crippen LogP contribution >= 0.6 is 0 Å². The maximum Gasteiger partial charge on any atom is 0.258 e. The van der Waals surface area contributed by atoms with E-state index in [4.69, 9.17) is 19.6 Å². The van der Waals surface area contributed by atoms with Crippen LogP contribution in [-0.2, 0) is 11.3 Å². The van der Waals surface area contributed by atoms with E-state index in [2.05, 4.69) is 5.32 Å². The van der Waals surface area contributed by atoms with Gasteiger partial charge in [-0.2, -0.15) is 0 Å². The Balaban J connectivity index is 1.51. The minimum atomic E-state index is -0.227. The van der Waals surface area contributed by atoms with Crippen LogP contribution in [0.4, 0.5) is 5.69 Å². The molecule has 1 aliphatic rings. The summed E-state index contributed by atoms with van der Waals surface area (Å²) in [5, 5.41) is 2.82. The minimum Gasteiger partial charge on any atom is -0.493 e. The van der Waals surface area contributed by atoms with Gasteiger partial charge >= 0.3 is 0 Å². The Morgan fingerprint density at radius 3 is 2.67 bits per heavy atom. The zero-order valence-corrected chi connectivity index (χ0v) is 13.5. The summed E-state index contributed by atoms with van der Waals surface area (Å²) in [6.07, 6.45) is 3.50. The zero-order valence-electron chi connectivity index (χ0n) is 13.5. The van der Waals surface area contributed by atoms with Crippen molar-refractivity contribution in [3.63, 3.8) is 0 Å². The zero-order chi connectivity index (χ0) is 16.8. The number of benzene rings is 1. The molecule has 1 aromatic heterocycles. The number of anilines is 1. The van der Waals surface area contributed by atoms with E-state index in [1.165, 1.54) is 6.26 Å². The molecule has 1 aromatic carbocycles. The summed E-state index contributed by atoms with van der Waals surface area (Å²) >= 11 is 0. The molecule has 3 rings (SSSR count). The first kappa shape index (κ1) is 16.5. The molecular weight excluding hydrogens is 308 g/mol. The smallest absolute Gasteiger partial charge is 0.258 e. The Kier molecular flexibility index (Phi) is 5.51. The van der Waals surface area contributed by atoms with E-state index in [0.717, 1.165) is 31.8 Å². The molecule has 6 heteroatoms. The first-order valence-electron chi connectivity index (χ1n) is 8.14. The standard InChI is InChI=1S/C18H22N2O4/c19-10-17-9-14(12-24-17)18(21)20-15-1-3-16(4-2-15)23-11-13-5-7-22-8-6-13/h1-4,9,12-13H,5-8,10-11,19H2,(H,20,21). The summed E-state index contributed by atoms with van der Waals surface area (Å²) < 4.78 is 16.3. The molecule has 0 bridgehead atoms. The van der Waals surface area contributed by atoms with E-state index >= 15 is 0 Å². The number of carbonyl (C=O) groups is 1. The quantitative estimate of drug-likeness (QED) is 0.850. The highest BCUT2D eigenvalue weighted by Gasteiger charge is 2.14. The van der Waals surface area contributed by atoms with Crippen molar-refractivity contribution in [1.82, 2.24) is 0 Å². The van der Waals surface area contributed by atoms with E-state index in [1.807, 2.05) is 24.3 Å². The number of amides is 1. The normalized spacial score (nSPS) is 15.2. The predicted molar refractivity (Wildman–Crippen MR) is 90.0 cm³/mol. The molecule has 0 spiro atoms. The number of ether oxygens (including phenoxy) is 2. The molecule has 0 atom stereocenters. The van der Waals surface area contributed by atoms with Gasteiger partial charge in [0, 0.05) is 18.9 Å². The maximum absolute atomic E-state index is 12.1. The second-order valence-electron chi connectivity index (χ2n) is 5.85. The van der Waals surface area contributed by atoms with E-state index in [9.17, 15) is 4.79 Å². The van der Waals surface area contributed by atoms with Gasteiger partial charge in [-0.05, 0) is 49.1 Å². The van der Waals surface area contributed by atoms with Crippen molar-refractivity contribution in [1.29, 1.82) is 0 Å². The van der Waals surface area contributed by atoms with Gasteiger partial charge in [0.2, 0.25) is 0 Å². The van der Waals surface area contributed by atoms with Crippen LogP contribution in [0.3, 0.4) is 0 Å². The van der Waals surface area contributed by atoms with Crippen molar-refractivity contribution in [2.75, 3.05) is 25.1 Å². The summed E-state index contributed by atoms with van der Waals surface area (Å²) in [6.45, 7) is 2.61. The topological polar surface area (TPSA) is 86.7 Å². The van der Waals surface area contributed by atoms with Crippen LogP contribution in [0.25, 0.3) is 0 Å². The average molecular weight is 330 g/mol. The molecular formula is C18H22N2O4. The lowest BCUT2D eigenvalue weighted by atomic mass is 10.0. The summed E-state index contributed by atoms with van der Waals surface area (Å²) in [7, 11) is 0. The SMILES string of the molecule is NCc1cc(C(=O)Nc2ccc(OCC3CCOCC3)cc2)co1. The van der Waals surface area contributed by atoms with Crippen molar-refractivity contribution in [3.05, 3.63) is 47.9 Å². The Morgan fingerprint density at radius 2 is 2.00 bits per heavy atom. The second-order valence-corrected chi connectivity index (χ2v) is 5.85. The van der Waals surface area contributed by atoms with Crippen LogP contribution in [0.2, 0.25) is 0 Å². The molecule has 128 valence electrons. The maximum atomic E-state index is 12.1. The van der Waals surface area contributed by atoms with Gasteiger partial charge in [-0.3, -0.25) is 4.79 Å². The molecule has 24 heavy (non-hydrogen) atoms. The van der Waals surface area contributed by atoms with Crippen molar-refractivity contribution >= 4 is 11.6 Å². The molecule has 1 fully saturated rings. The predicted octanol–water partition coefficient (Wildman–Crippen LogP) is 2.80. The van der Waals surface area contributed by atoms with Crippen molar-refractivity contribution in [3.8, 4) is 5.75 Å². The lowest BCUT2D eigenvalue weighted by Gasteiger charge is -2.22. The largest absolute Gasteiger partial charge is 0.493 e. The highest BCUT2D eigenvalue weighted by molar-refractivity contribution is 6.04.